The molecule has 3 nitrogen and oxygen atoms in total. The SMILES string of the molecule is OCC1CCN(C2CCOC2)CC1. The average Bonchev–Trinajstić information content (AvgIpc) is 2.71. The molecule has 3 heteroatoms. The van der Waals surface area contributed by atoms with E-state index in [1.807, 2.05) is 0 Å². The quantitative estimate of drug-likeness (QED) is 0.679. The maximum Gasteiger partial charge on any atom is 0.0622 e. The number of hydrogen-bond donors (Lipinski definition) is 1. The number of rotatable bonds is 2. The van der Waals surface area contributed by atoms with Gasteiger partial charge < -0.3 is 9.84 Å². The molecule has 2 fully saturated rings. The minimum absolute atomic E-state index is 0.370. The van der Waals surface area contributed by atoms with Gasteiger partial charge in [-0.3, -0.25) is 4.90 Å². The number of ether oxygens (including phenoxy) is 1. The fraction of sp³-hybridized carbons (Fsp3) is 1.00. The van der Waals surface area contributed by atoms with E-state index in [2.05, 4.69) is 4.90 Å². The second kappa shape index (κ2) is 4.40. The summed E-state index contributed by atoms with van der Waals surface area (Å²) >= 11 is 0. The highest BCUT2D eigenvalue weighted by molar-refractivity contribution is 4.80. The third-order valence-corrected chi connectivity index (χ3v) is 3.33. The van der Waals surface area contributed by atoms with Crippen LogP contribution >= 0.6 is 0 Å². The molecule has 1 unspecified atom stereocenters. The normalized spacial score (nSPS) is 32.5. The molecule has 1 atom stereocenters. The summed E-state index contributed by atoms with van der Waals surface area (Å²) in [5.74, 6) is 0.554. The van der Waals surface area contributed by atoms with Crippen molar-refractivity contribution in [2.24, 2.45) is 5.92 Å². The molecule has 2 rings (SSSR count). The van der Waals surface area contributed by atoms with Gasteiger partial charge in [-0.15, -0.1) is 0 Å². The molecular weight excluding hydrogens is 166 g/mol. The monoisotopic (exact) mass is 185 g/mol. The van der Waals surface area contributed by atoms with Crippen molar-refractivity contribution in [3.05, 3.63) is 0 Å². The number of piperidine rings is 1. The number of likely N-dealkylation sites (tertiary alicyclic amines) is 1. The lowest BCUT2D eigenvalue weighted by Crippen LogP contribution is -2.42. The number of nitrogens with zero attached hydrogens (tertiary/aromatic N) is 1. The van der Waals surface area contributed by atoms with Crippen LogP contribution in [0.25, 0.3) is 0 Å². The van der Waals surface area contributed by atoms with Crippen molar-refractivity contribution in [2.45, 2.75) is 25.3 Å². The standard InChI is InChI=1S/C10H19NO2/c12-7-9-1-4-11(5-2-9)10-3-6-13-8-10/h9-10,12H,1-8H2. The van der Waals surface area contributed by atoms with E-state index in [0.29, 0.717) is 18.6 Å². The first-order valence-electron chi connectivity index (χ1n) is 5.33. The van der Waals surface area contributed by atoms with Gasteiger partial charge in [0.15, 0.2) is 0 Å². The lowest BCUT2D eigenvalue weighted by Gasteiger charge is -2.34. The molecule has 0 aromatic carbocycles. The Labute approximate surface area is 79.7 Å². The van der Waals surface area contributed by atoms with Crippen LogP contribution in [0, 0.1) is 5.92 Å². The summed E-state index contributed by atoms with van der Waals surface area (Å²) < 4.78 is 5.37. The molecule has 2 heterocycles. The predicted octanol–water partition coefficient (Wildman–Crippen LogP) is 0.480. The summed E-state index contributed by atoms with van der Waals surface area (Å²) in [6, 6.07) is 0.666. The molecule has 1 N–H and O–H groups in total. The molecule has 2 aliphatic rings. The van der Waals surface area contributed by atoms with Crippen LogP contribution < -0.4 is 0 Å². The third-order valence-electron chi connectivity index (χ3n) is 3.33. The summed E-state index contributed by atoms with van der Waals surface area (Å²) in [4.78, 5) is 2.53. The number of aliphatic hydroxyl groups is 1. The molecule has 0 amide bonds. The van der Waals surface area contributed by atoms with Crippen molar-refractivity contribution in [3.63, 3.8) is 0 Å². The van der Waals surface area contributed by atoms with Gasteiger partial charge >= 0.3 is 0 Å². The van der Waals surface area contributed by atoms with Gasteiger partial charge in [0, 0.05) is 19.3 Å². The molecule has 0 saturated carbocycles. The molecule has 0 aliphatic carbocycles. The van der Waals surface area contributed by atoms with Crippen LogP contribution in [0.15, 0.2) is 0 Å². The van der Waals surface area contributed by atoms with E-state index in [9.17, 15) is 0 Å². The molecule has 0 aromatic heterocycles. The Hall–Kier alpha value is -0.120. The van der Waals surface area contributed by atoms with Gasteiger partial charge in [-0.25, -0.2) is 0 Å². The Bertz CT molecular complexity index is 149. The predicted molar refractivity (Wildman–Crippen MR) is 50.6 cm³/mol. The van der Waals surface area contributed by atoms with Gasteiger partial charge in [-0.2, -0.15) is 0 Å². The molecule has 13 heavy (non-hydrogen) atoms. The first kappa shape index (κ1) is 9.44. The van der Waals surface area contributed by atoms with Gasteiger partial charge in [0.05, 0.1) is 6.61 Å². The smallest absolute Gasteiger partial charge is 0.0622 e. The van der Waals surface area contributed by atoms with Gasteiger partial charge in [-0.05, 0) is 38.3 Å². The Kier molecular flexibility index (Phi) is 3.19. The number of aliphatic hydroxyl groups excluding tert-OH is 1. The zero-order valence-electron chi connectivity index (χ0n) is 8.11. The second-order valence-electron chi connectivity index (χ2n) is 4.18. The highest BCUT2D eigenvalue weighted by Crippen LogP contribution is 2.21. The van der Waals surface area contributed by atoms with E-state index in [0.717, 1.165) is 39.1 Å². The van der Waals surface area contributed by atoms with Crippen LogP contribution in [-0.2, 0) is 4.74 Å². The minimum Gasteiger partial charge on any atom is -0.396 e. The van der Waals surface area contributed by atoms with Crippen molar-refractivity contribution in [1.82, 2.24) is 4.90 Å². The number of hydrogen-bond acceptors (Lipinski definition) is 3. The summed E-state index contributed by atoms with van der Waals surface area (Å²) in [6.45, 7) is 4.53. The van der Waals surface area contributed by atoms with Crippen molar-refractivity contribution in [3.8, 4) is 0 Å². The van der Waals surface area contributed by atoms with Crippen molar-refractivity contribution in [1.29, 1.82) is 0 Å². The van der Waals surface area contributed by atoms with Crippen LogP contribution in [0.5, 0.6) is 0 Å². The van der Waals surface area contributed by atoms with Gasteiger partial charge in [0.25, 0.3) is 0 Å². The van der Waals surface area contributed by atoms with E-state index in [4.69, 9.17) is 9.84 Å². The third kappa shape index (κ3) is 2.22. The van der Waals surface area contributed by atoms with E-state index < -0.39 is 0 Å². The van der Waals surface area contributed by atoms with Gasteiger partial charge in [-0.1, -0.05) is 0 Å². The molecule has 76 valence electrons. The van der Waals surface area contributed by atoms with Crippen LogP contribution in [0.1, 0.15) is 19.3 Å². The molecule has 0 bridgehead atoms. The Balaban J connectivity index is 1.77. The molecule has 2 saturated heterocycles. The maximum absolute atomic E-state index is 9.00. The fourth-order valence-electron chi connectivity index (χ4n) is 2.31. The second-order valence-corrected chi connectivity index (χ2v) is 4.18. The van der Waals surface area contributed by atoms with E-state index in [1.165, 1.54) is 6.42 Å². The largest absolute Gasteiger partial charge is 0.396 e. The molecular formula is C10H19NO2. The zero-order chi connectivity index (χ0) is 9.10. The average molecular weight is 185 g/mol. The maximum atomic E-state index is 9.00. The van der Waals surface area contributed by atoms with E-state index in [1.54, 1.807) is 0 Å². The molecule has 2 aliphatic heterocycles. The summed E-state index contributed by atoms with van der Waals surface area (Å²) in [6.07, 6.45) is 3.52. The molecule has 0 radical (unpaired) electrons. The Morgan fingerprint density at radius 2 is 2.00 bits per heavy atom. The first-order chi connectivity index (χ1) is 6.40. The van der Waals surface area contributed by atoms with E-state index in [-0.39, 0.29) is 0 Å². The van der Waals surface area contributed by atoms with Crippen LogP contribution in [0.2, 0.25) is 0 Å². The topological polar surface area (TPSA) is 32.7 Å². The summed E-state index contributed by atoms with van der Waals surface area (Å²) in [5, 5.41) is 9.00. The van der Waals surface area contributed by atoms with Crippen LogP contribution in [0.4, 0.5) is 0 Å². The minimum atomic E-state index is 0.370. The fourth-order valence-corrected chi connectivity index (χ4v) is 2.31. The highest BCUT2D eigenvalue weighted by atomic mass is 16.5. The Morgan fingerprint density at radius 3 is 2.54 bits per heavy atom. The van der Waals surface area contributed by atoms with E-state index >= 15 is 0 Å². The van der Waals surface area contributed by atoms with Gasteiger partial charge in [0.2, 0.25) is 0 Å². The van der Waals surface area contributed by atoms with Gasteiger partial charge in [0.1, 0.15) is 0 Å². The lowest BCUT2D eigenvalue weighted by molar-refractivity contribution is 0.0891. The molecule has 0 aromatic rings. The zero-order valence-corrected chi connectivity index (χ0v) is 8.11. The van der Waals surface area contributed by atoms with Crippen molar-refractivity contribution < 1.29 is 9.84 Å². The summed E-state index contributed by atoms with van der Waals surface area (Å²) in [7, 11) is 0. The lowest BCUT2D eigenvalue weighted by atomic mass is 9.96. The first-order valence-corrected chi connectivity index (χ1v) is 5.33. The van der Waals surface area contributed by atoms with Crippen molar-refractivity contribution in [2.75, 3.05) is 32.9 Å². The summed E-state index contributed by atoms with van der Waals surface area (Å²) in [5.41, 5.74) is 0. The van der Waals surface area contributed by atoms with Crippen molar-refractivity contribution >= 4 is 0 Å². The molecule has 0 spiro atoms. The highest BCUT2D eigenvalue weighted by Gasteiger charge is 2.27. The van der Waals surface area contributed by atoms with Crippen LogP contribution in [-0.4, -0.2) is 49.0 Å². The van der Waals surface area contributed by atoms with Crippen LogP contribution in [0.3, 0.4) is 0 Å². The Morgan fingerprint density at radius 1 is 1.23 bits per heavy atom.